The summed E-state index contributed by atoms with van der Waals surface area (Å²) in [4.78, 5) is 23.5. The van der Waals surface area contributed by atoms with Gasteiger partial charge in [0.05, 0.1) is 19.1 Å². The van der Waals surface area contributed by atoms with Gasteiger partial charge in [-0.2, -0.15) is 0 Å². The molecule has 22 heavy (non-hydrogen) atoms. The van der Waals surface area contributed by atoms with Gasteiger partial charge in [-0.1, -0.05) is 12.1 Å². The summed E-state index contributed by atoms with van der Waals surface area (Å²) in [5.74, 6) is -1.06. The number of hydrogen-bond donors (Lipinski definition) is 2. The summed E-state index contributed by atoms with van der Waals surface area (Å²) in [7, 11) is 0. The lowest BCUT2D eigenvalue weighted by Gasteiger charge is -2.19. The highest BCUT2D eigenvalue weighted by Crippen LogP contribution is 2.18. The van der Waals surface area contributed by atoms with Crippen LogP contribution in [0.25, 0.3) is 0 Å². The Morgan fingerprint density at radius 2 is 1.86 bits per heavy atom. The second-order valence-corrected chi connectivity index (χ2v) is 4.86. The van der Waals surface area contributed by atoms with Crippen molar-refractivity contribution in [3.05, 3.63) is 35.6 Å². The molecular weight excluding hydrogens is 311 g/mol. The number of nitrogens with one attached hydrogen (secondary N) is 1. The monoisotopic (exact) mass is 332 g/mol. The van der Waals surface area contributed by atoms with E-state index in [9.17, 15) is 14.0 Å². The second-order valence-electron chi connectivity index (χ2n) is 4.86. The Labute approximate surface area is 135 Å². The Morgan fingerprint density at radius 3 is 2.36 bits per heavy atom. The van der Waals surface area contributed by atoms with E-state index in [0.29, 0.717) is 5.56 Å². The molecule has 0 fully saturated rings. The number of carbonyl (C=O) groups excluding carboxylic acids is 2. The van der Waals surface area contributed by atoms with Gasteiger partial charge in [0.1, 0.15) is 5.82 Å². The predicted molar refractivity (Wildman–Crippen MR) is 84.0 cm³/mol. The van der Waals surface area contributed by atoms with Gasteiger partial charge in [0.15, 0.2) is 0 Å². The van der Waals surface area contributed by atoms with Gasteiger partial charge in [-0.05, 0) is 31.5 Å². The topological polar surface area (TPSA) is 81.4 Å². The standard InChI is InChI=1S/C15H21FN2O3.ClH/c1-3-21-15(20)9-13(18-14(19)8-10(2)17)11-4-6-12(16)7-5-11;/h4-7,10,13H,3,8-9,17H2,1-2H3,(H,18,19);1H. The molecule has 2 atom stereocenters. The number of amides is 1. The molecule has 1 rings (SSSR count). The summed E-state index contributed by atoms with van der Waals surface area (Å²) in [6.07, 6.45) is 0.144. The lowest BCUT2D eigenvalue weighted by atomic mass is 10.0. The molecule has 1 aromatic carbocycles. The van der Waals surface area contributed by atoms with Crippen molar-refractivity contribution >= 4 is 24.3 Å². The Hall–Kier alpha value is -1.66. The minimum absolute atomic E-state index is 0. The van der Waals surface area contributed by atoms with Gasteiger partial charge in [0.25, 0.3) is 0 Å². The summed E-state index contributed by atoms with van der Waals surface area (Å²) in [6.45, 7) is 3.69. The van der Waals surface area contributed by atoms with Crippen molar-refractivity contribution < 1.29 is 18.7 Å². The van der Waals surface area contributed by atoms with E-state index in [2.05, 4.69) is 5.32 Å². The van der Waals surface area contributed by atoms with Crippen LogP contribution in [0.4, 0.5) is 4.39 Å². The van der Waals surface area contributed by atoms with Crippen LogP contribution in [0.5, 0.6) is 0 Å². The summed E-state index contributed by atoms with van der Waals surface area (Å²) in [6, 6.07) is 4.80. The number of ether oxygens (including phenoxy) is 1. The summed E-state index contributed by atoms with van der Waals surface area (Å²) in [5, 5.41) is 2.73. The zero-order valence-electron chi connectivity index (χ0n) is 12.7. The van der Waals surface area contributed by atoms with Crippen LogP contribution in [-0.2, 0) is 14.3 Å². The number of halogens is 2. The Morgan fingerprint density at radius 1 is 1.27 bits per heavy atom. The third-order valence-corrected chi connectivity index (χ3v) is 2.79. The molecule has 0 aliphatic carbocycles. The molecule has 1 aromatic rings. The number of esters is 1. The lowest BCUT2D eigenvalue weighted by Crippen LogP contribution is -2.34. The first kappa shape index (κ1) is 20.3. The van der Waals surface area contributed by atoms with Crippen LogP contribution in [0, 0.1) is 5.82 Å². The highest BCUT2D eigenvalue weighted by molar-refractivity contribution is 5.85. The minimum Gasteiger partial charge on any atom is -0.466 e. The first-order valence-electron chi connectivity index (χ1n) is 6.88. The Kier molecular flexibility index (Phi) is 9.37. The van der Waals surface area contributed by atoms with Crippen LogP contribution in [0.1, 0.15) is 38.3 Å². The Bertz CT molecular complexity index is 480. The molecule has 3 N–H and O–H groups in total. The highest BCUT2D eigenvalue weighted by Gasteiger charge is 2.19. The maximum atomic E-state index is 13.0. The zero-order chi connectivity index (χ0) is 15.8. The molecular formula is C15H22ClFN2O3. The molecule has 1 amide bonds. The molecule has 0 radical (unpaired) electrons. The van der Waals surface area contributed by atoms with Crippen molar-refractivity contribution in [2.75, 3.05) is 6.61 Å². The van der Waals surface area contributed by atoms with Crippen LogP contribution < -0.4 is 11.1 Å². The van der Waals surface area contributed by atoms with Gasteiger partial charge in [0, 0.05) is 12.5 Å². The average Bonchev–Trinajstić information content (AvgIpc) is 2.38. The number of carbonyl (C=O) groups is 2. The van der Waals surface area contributed by atoms with E-state index in [1.807, 2.05) is 0 Å². The average molecular weight is 333 g/mol. The number of hydrogen-bond acceptors (Lipinski definition) is 4. The van der Waals surface area contributed by atoms with Crippen molar-refractivity contribution in [3.8, 4) is 0 Å². The van der Waals surface area contributed by atoms with E-state index in [1.54, 1.807) is 13.8 Å². The SMILES string of the molecule is CCOC(=O)CC(NC(=O)CC(C)N)c1ccc(F)cc1.Cl. The predicted octanol–water partition coefficient (Wildman–Crippen LogP) is 2.10. The first-order valence-corrected chi connectivity index (χ1v) is 6.88. The van der Waals surface area contributed by atoms with E-state index < -0.39 is 12.0 Å². The molecule has 0 spiro atoms. The quantitative estimate of drug-likeness (QED) is 0.749. The van der Waals surface area contributed by atoms with Gasteiger partial charge in [-0.25, -0.2) is 4.39 Å². The van der Waals surface area contributed by atoms with E-state index in [1.165, 1.54) is 24.3 Å². The van der Waals surface area contributed by atoms with Gasteiger partial charge in [0.2, 0.25) is 5.91 Å². The van der Waals surface area contributed by atoms with Gasteiger partial charge < -0.3 is 15.8 Å². The van der Waals surface area contributed by atoms with E-state index >= 15 is 0 Å². The van der Waals surface area contributed by atoms with Crippen molar-refractivity contribution in [2.24, 2.45) is 5.73 Å². The third kappa shape index (κ3) is 7.38. The van der Waals surface area contributed by atoms with Crippen LogP contribution in [0.15, 0.2) is 24.3 Å². The number of rotatable bonds is 7. The van der Waals surface area contributed by atoms with Crippen molar-refractivity contribution in [1.29, 1.82) is 0 Å². The van der Waals surface area contributed by atoms with Gasteiger partial charge in [-0.3, -0.25) is 9.59 Å². The summed E-state index contributed by atoms with van der Waals surface area (Å²) < 4.78 is 17.9. The fraction of sp³-hybridized carbons (Fsp3) is 0.467. The zero-order valence-corrected chi connectivity index (χ0v) is 13.5. The number of nitrogens with two attached hydrogens (primary N) is 1. The van der Waals surface area contributed by atoms with Gasteiger partial charge >= 0.3 is 5.97 Å². The summed E-state index contributed by atoms with van der Waals surface area (Å²) in [5.41, 5.74) is 6.22. The highest BCUT2D eigenvalue weighted by atomic mass is 35.5. The molecule has 0 aliphatic rings. The molecule has 0 saturated carbocycles. The summed E-state index contributed by atoms with van der Waals surface area (Å²) >= 11 is 0. The molecule has 0 heterocycles. The molecule has 5 nitrogen and oxygen atoms in total. The third-order valence-electron chi connectivity index (χ3n) is 2.79. The fourth-order valence-electron chi connectivity index (χ4n) is 1.88. The second kappa shape index (κ2) is 10.1. The fourth-order valence-corrected chi connectivity index (χ4v) is 1.88. The van der Waals surface area contributed by atoms with Crippen LogP contribution in [0.2, 0.25) is 0 Å². The molecule has 0 bridgehead atoms. The van der Waals surface area contributed by atoms with Gasteiger partial charge in [-0.15, -0.1) is 12.4 Å². The minimum atomic E-state index is -0.559. The van der Waals surface area contributed by atoms with Crippen molar-refractivity contribution in [1.82, 2.24) is 5.32 Å². The maximum absolute atomic E-state index is 13.0. The van der Waals surface area contributed by atoms with Crippen molar-refractivity contribution in [2.45, 2.75) is 38.8 Å². The number of benzene rings is 1. The maximum Gasteiger partial charge on any atom is 0.308 e. The van der Waals surface area contributed by atoms with E-state index in [4.69, 9.17) is 10.5 Å². The molecule has 0 aliphatic heterocycles. The molecule has 7 heteroatoms. The smallest absolute Gasteiger partial charge is 0.308 e. The first-order chi connectivity index (χ1) is 9.92. The largest absolute Gasteiger partial charge is 0.466 e. The molecule has 0 aromatic heterocycles. The van der Waals surface area contributed by atoms with Crippen LogP contribution >= 0.6 is 12.4 Å². The normalized spacial score (nSPS) is 12.7. The molecule has 0 saturated heterocycles. The van der Waals surface area contributed by atoms with Crippen LogP contribution in [-0.4, -0.2) is 24.5 Å². The molecule has 2 unspecified atom stereocenters. The van der Waals surface area contributed by atoms with Crippen LogP contribution in [0.3, 0.4) is 0 Å². The molecule has 124 valence electrons. The Balaban J connectivity index is 0.00000441. The van der Waals surface area contributed by atoms with Crippen molar-refractivity contribution in [3.63, 3.8) is 0 Å². The van der Waals surface area contributed by atoms with E-state index in [-0.39, 0.29) is 49.6 Å². The lowest BCUT2D eigenvalue weighted by molar-refractivity contribution is -0.143. The van der Waals surface area contributed by atoms with E-state index in [0.717, 1.165) is 0 Å².